The first kappa shape index (κ1) is 19.5. The van der Waals surface area contributed by atoms with Crippen molar-refractivity contribution in [1.29, 1.82) is 0 Å². The summed E-state index contributed by atoms with van der Waals surface area (Å²) >= 11 is 0. The zero-order valence-corrected chi connectivity index (χ0v) is 16.1. The van der Waals surface area contributed by atoms with E-state index in [1.165, 1.54) is 0 Å². The molecule has 2 N–H and O–H groups in total. The molecule has 2 aromatic heterocycles. The molecule has 0 radical (unpaired) electrons. The minimum absolute atomic E-state index is 0.408. The van der Waals surface area contributed by atoms with Crippen molar-refractivity contribution >= 4 is 17.1 Å². The molecule has 0 aliphatic heterocycles. The van der Waals surface area contributed by atoms with Crippen LogP contribution in [0, 0.1) is 0 Å². The minimum atomic E-state index is -0.489. The first-order valence-electron chi connectivity index (χ1n) is 8.91. The molecule has 0 spiro atoms. The highest BCUT2D eigenvalue weighted by atomic mass is 16.6. The van der Waals surface area contributed by atoms with Crippen molar-refractivity contribution in [1.82, 2.24) is 15.3 Å². The lowest BCUT2D eigenvalue weighted by Gasteiger charge is -2.19. The van der Waals surface area contributed by atoms with E-state index in [1.54, 1.807) is 6.20 Å². The third kappa shape index (κ3) is 5.09. The van der Waals surface area contributed by atoms with E-state index in [2.05, 4.69) is 15.3 Å². The van der Waals surface area contributed by atoms with Crippen molar-refractivity contribution in [3.8, 4) is 11.1 Å². The van der Waals surface area contributed by atoms with Gasteiger partial charge in [-0.2, -0.15) is 0 Å². The average molecular weight is 353 g/mol. The first-order chi connectivity index (χ1) is 12.4. The Kier molecular flexibility index (Phi) is 6.39. The molecule has 1 aromatic carbocycles. The smallest absolute Gasteiger partial charge is 0.407 e. The maximum absolute atomic E-state index is 11.7. The molecule has 3 rings (SSSR count). The molecule has 5 nitrogen and oxygen atoms in total. The number of hydrogen-bond acceptors (Lipinski definition) is 3. The van der Waals surface area contributed by atoms with E-state index in [4.69, 9.17) is 4.74 Å². The summed E-state index contributed by atoms with van der Waals surface area (Å²) < 4.78 is 5.23. The van der Waals surface area contributed by atoms with Gasteiger partial charge in [-0.25, -0.2) is 9.78 Å². The van der Waals surface area contributed by atoms with Gasteiger partial charge in [0, 0.05) is 24.3 Å². The molecular formula is C21H27N3O2. The monoisotopic (exact) mass is 353 g/mol. The second-order valence-corrected chi connectivity index (χ2v) is 6.65. The number of pyridine rings is 1. The Hall–Kier alpha value is -2.82. The summed E-state index contributed by atoms with van der Waals surface area (Å²) in [6.45, 7) is 9.97. The summed E-state index contributed by atoms with van der Waals surface area (Å²) in [6, 6.07) is 12.1. The van der Waals surface area contributed by atoms with Gasteiger partial charge in [0.15, 0.2) is 0 Å². The number of H-pyrrole nitrogens is 1. The molecule has 1 amide bonds. The van der Waals surface area contributed by atoms with Gasteiger partial charge in [-0.05, 0) is 49.6 Å². The van der Waals surface area contributed by atoms with E-state index in [0.717, 1.165) is 27.7 Å². The van der Waals surface area contributed by atoms with Crippen LogP contribution in [0.5, 0.6) is 0 Å². The van der Waals surface area contributed by atoms with E-state index in [-0.39, 0.29) is 0 Å². The zero-order chi connectivity index (χ0) is 19.2. The molecule has 0 aliphatic rings. The number of carbonyl (C=O) groups excluding carboxylic acids is 1. The van der Waals surface area contributed by atoms with E-state index in [0.29, 0.717) is 6.54 Å². The molecule has 3 aromatic rings. The van der Waals surface area contributed by atoms with Gasteiger partial charge < -0.3 is 15.0 Å². The van der Waals surface area contributed by atoms with Crippen molar-refractivity contribution in [2.45, 2.75) is 46.8 Å². The van der Waals surface area contributed by atoms with Crippen LogP contribution in [0.2, 0.25) is 0 Å². The summed E-state index contributed by atoms with van der Waals surface area (Å²) in [5.74, 6) is 0. The number of rotatable bonds is 3. The maximum atomic E-state index is 11.7. The van der Waals surface area contributed by atoms with Crippen LogP contribution in [-0.4, -0.2) is 21.7 Å². The molecule has 2 heterocycles. The van der Waals surface area contributed by atoms with Crippen LogP contribution in [0.3, 0.4) is 0 Å². The number of benzene rings is 1. The number of nitrogens with one attached hydrogen (secondary N) is 2. The van der Waals surface area contributed by atoms with Gasteiger partial charge in [0.25, 0.3) is 0 Å². The number of ether oxygens (including phenoxy) is 1. The highest BCUT2D eigenvalue weighted by Crippen LogP contribution is 2.27. The number of aromatic nitrogens is 2. The zero-order valence-electron chi connectivity index (χ0n) is 16.1. The summed E-state index contributed by atoms with van der Waals surface area (Å²) in [4.78, 5) is 19.1. The Morgan fingerprint density at radius 1 is 1.12 bits per heavy atom. The largest absolute Gasteiger partial charge is 0.444 e. The van der Waals surface area contributed by atoms with Crippen molar-refractivity contribution in [3.63, 3.8) is 0 Å². The summed E-state index contributed by atoms with van der Waals surface area (Å²) in [6.07, 6.45) is 3.28. The second-order valence-electron chi connectivity index (χ2n) is 6.65. The van der Waals surface area contributed by atoms with Crippen molar-refractivity contribution in [2.24, 2.45) is 0 Å². The third-order valence-electron chi connectivity index (χ3n) is 3.56. The molecule has 0 bridgehead atoms. The molecule has 0 fully saturated rings. The lowest BCUT2D eigenvalue weighted by atomic mass is 10.0. The molecule has 0 saturated heterocycles. The second kappa shape index (κ2) is 8.52. The number of alkyl carbamates (subject to hydrolysis) is 1. The topological polar surface area (TPSA) is 67.0 Å². The van der Waals surface area contributed by atoms with Crippen LogP contribution in [0.1, 0.15) is 40.2 Å². The first-order valence-corrected chi connectivity index (χ1v) is 8.91. The van der Waals surface area contributed by atoms with Crippen LogP contribution in [0.4, 0.5) is 4.79 Å². The van der Waals surface area contributed by atoms with Crippen LogP contribution < -0.4 is 5.32 Å². The Morgan fingerprint density at radius 2 is 1.81 bits per heavy atom. The molecule has 0 atom stereocenters. The van der Waals surface area contributed by atoms with E-state index in [1.807, 2.05) is 77.2 Å². The number of hydrogen-bond donors (Lipinski definition) is 2. The fourth-order valence-corrected chi connectivity index (χ4v) is 2.50. The van der Waals surface area contributed by atoms with Gasteiger partial charge >= 0.3 is 6.09 Å². The summed E-state index contributed by atoms with van der Waals surface area (Å²) in [5.41, 5.74) is 3.65. The van der Waals surface area contributed by atoms with Gasteiger partial charge in [-0.3, -0.25) is 0 Å². The predicted molar refractivity (Wildman–Crippen MR) is 106 cm³/mol. The van der Waals surface area contributed by atoms with Gasteiger partial charge in [-0.1, -0.05) is 38.1 Å². The molecule has 138 valence electrons. The fraction of sp³-hybridized carbons (Fsp3) is 0.333. The summed E-state index contributed by atoms with van der Waals surface area (Å²) in [7, 11) is 0. The molecule has 0 saturated carbocycles. The Balaban J connectivity index is 0.00000117. The lowest BCUT2D eigenvalue weighted by molar-refractivity contribution is 0.0523. The van der Waals surface area contributed by atoms with Gasteiger partial charge in [0.05, 0.1) is 0 Å². The van der Waals surface area contributed by atoms with Crippen molar-refractivity contribution in [3.05, 3.63) is 54.4 Å². The SMILES string of the molecule is CC.CC(C)(C)OC(=O)NCc1ccc(-c2ccnc3[nH]ccc23)cc1. The normalized spacial score (nSPS) is 10.8. The Labute approximate surface area is 154 Å². The Morgan fingerprint density at radius 3 is 2.46 bits per heavy atom. The molecular weight excluding hydrogens is 326 g/mol. The van der Waals surface area contributed by atoms with E-state index < -0.39 is 11.7 Å². The quantitative estimate of drug-likeness (QED) is 0.673. The molecule has 0 unspecified atom stereocenters. The highest BCUT2D eigenvalue weighted by Gasteiger charge is 2.15. The number of fused-ring (bicyclic) bond motifs is 1. The van der Waals surface area contributed by atoms with Crippen LogP contribution in [0.25, 0.3) is 22.2 Å². The summed E-state index contributed by atoms with van der Waals surface area (Å²) in [5, 5.41) is 3.86. The molecule has 5 heteroatoms. The van der Waals surface area contributed by atoms with E-state index >= 15 is 0 Å². The maximum Gasteiger partial charge on any atom is 0.407 e. The van der Waals surface area contributed by atoms with Gasteiger partial charge in [-0.15, -0.1) is 0 Å². The van der Waals surface area contributed by atoms with Crippen molar-refractivity contribution < 1.29 is 9.53 Å². The minimum Gasteiger partial charge on any atom is -0.444 e. The number of amides is 1. The Bertz CT molecular complexity index is 846. The van der Waals surface area contributed by atoms with Crippen LogP contribution in [-0.2, 0) is 11.3 Å². The van der Waals surface area contributed by atoms with Gasteiger partial charge in [0.1, 0.15) is 11.2 Å². The molecule has 0 aliphatic carbocycles. The van der Waals surface area contributed by atoms with Crippen LogP contribution >= 0.6 is 0 Å². The highest BCUT2D eigenvalue weighted by molar-refractivity contribution is 5.92. The van der Waals surface area contributed by atoms with Crippen LogP contribution in [0.15, 0.2) is 48.8 Å². The van der Waals surface area contributed by atoms with Crippen molar-refractivity contribution in [2.75, 3.05) is 0 Å². The number of aromatic amines is 1. The fourth-order valence-electron chi connectivity index (χ4n) is 2.50. The molecule has 26 heavy (non-hydrogen) atoms. The predicted octanol–water partition coefficient (Wildman–Crippen LogP) is 5.28. The number of carbonyl (C=O) groups is 1. The standard InChI is InChI=1S/C19H21N3O2.C2H6/c1-19(2,3)24-18(23)22-12-13-4-6-14(7-5-13)15-8-10-20-17-16(15)9-11-21-17;1-2/h4-11H,12H2,1-3H3,(H,20,21)(H,22,23);1-2H3. The average Bonchev–Trinajstić information content (AvgIpc) is 3.09. The van der Waals surface area contributed by atoms with E-state index in [9.17, 15) is 4.79 Å². The number of nitrogens with zero attached hydrogens (tertiary/aromatic N) is 1. The third-order valence-corrected chi connectivity index (χ3v) is 3.56. The lowest BCUT2D eigenvalue weighted by Crippen LogP contribution is -2.32. The van der Waals surface area contributed by atoms with Gasteiger partial charge in [0.2, 0.25) is 0 Å².